The first-order valence-corrected chi connectivity index (χ1v) is 13.9. The van der Waals surface area contributed by atoms with Crippen LogP contribution in [0.2, 0.25) is 0 Å². The molecule has 0 unspecified atom stereocenters. The van der Waals surface area contributed by atoms with Crippen molar-refractivity contribution in [2.75, 3.05) is 24.5 Å². The Morgan fingerprint density at radius 1 is 1.10 bits per heavy atom. The summed E-state index contributed by atoms with van der Waals surface area (Å²) in [5.74, 6) is 0.313. The zero-order valence-electron chi connectivity index (χ0n) is 21.5. The molecule has 40 heavy (non-hydrogen) atoms. The SMILES string of the molecule is O=C1NC(=O)/C(=C\c2ccnc(N3CCC(CNCc4nc(-c5ccncc5F)cc5ccccc45)CC3)n2)S1. The van der Waals surface area contributed by atoms with E-state index in [1.807, 2.05) is 30.3 Å². The van der Waals surface area contributed by atoms with Crippen LogP contribution in [0.15, 0.2) is 66.0 Å². The van der Waals surface area contributed by atoms with Crippen LogP contribution in [0.4, 0.5) is 15.1 Å². The number of nitrogens with zero attached hydrogens (tertiary/aromatic N) is 5. The van der Waals surface area contributed by atoms with Crippen molar-refractivity contribution in [3.05, 3.63) is 83.2 Å². The van der Waals surface area contributed by atoms with Gasteiger partial charge in [0.15, 0.2) is 5.82 Å². The van der Waals surface area contributed by atoms with Gasteiger partial charge >= 0.3 is 0 Å². The van der Waals surface area contributed by atoms with Gasteiger partial charge in [-0.25, -0.2) is 14.4 Å². The quantitative estimate of drug-likeness (QED) is 0.317. The highest BCUT2D eigenvalue weighted by molar-refractivity contribution is 8.18. The van der Waals surface area contributed by atoms with E-state index in [1.54, 1.807) is 30.6 Å². The number of carbonyl (C=O) groups is 2. The fraction of sp³-hybridized carbons (Fsp3) is 0.241. The number of imide groups is 1. The van der Waals surface area contributed by atoms with Crippen LogP contribution in [0.3, 0.4) is 0 Å². The van der Waals surface area contributed by atoms with Crippen molar-refractivity contribution in [3.8, 4) is 11.3 Å². The fourth-order valence-corrected chi connectivity index (χ4v) is 5.68. The largest absolute Gasteiger partial charge is 0.341 e. The van der Waals surface area contributed by atoms with Gasteiger partial charge in [0.25, 0.3) is 11.1 Å². The number of nitrogens with one attached hydrogen (secondary N) is 2. The molecule has 3 aromatic heterocycles. The number of fused-ring (bicyclic) bond motifs is 1. The molecule has 9 nitrogen and oxygen atoms in total. The molecular weight excluding hydrogens is 529 g/mol. The number of hydrogen-bond donors (Lipinski definition) is 2. The summed E-state index contributed by atoms with van der Waals surface area (Å²) in [6, 6.07) is 13.3. The number of hydrogen-bond acceptors (Lipinski definition) is 9. The van der Waals surface area contributed by atoms with Crippen molar-refractivity contribution in [1.82, 2.24) is 30.6 Å². The average molecular weight is 556 g/mol. The number of rotatable bonds is 7. The molecule has 11 heteroatoms. The van der Waals surface area contributed by atoms with Crippen LogP contribution < -0.4 is 15.5 Å². The Hall–Kier alpha value is -4.22. The van der Waals surface area contributed by atoms with Crippen LogP contribution >= 0.6 is 11.8 Å². The van der Waals surface area contributed by atoms with Crippen LogP contribution in [-0.2, 0) is 11.3 Å². The molecule has 2 saturated heterocycles. The average Bonchev–Trinajstić information content (AvgIpc) is 3.29. The monoisotopic (exact) mass is 555 g/mol. The summed E-state index contributed by atoms with van der Waals surface area (Å²) in [6.45, 7) is 3.05. The summed E-state index contributed by atoms with van der Waals surface area (Å²) in [5.41, 5.74) is 2.52. The Morgan fingerprint density at radius 3 is 2.75 bits per heavy atom. The predicted octanol–water partition coefficient (Wildman–Crippen LogP) is 4.56. The maximum absolute atomic E-state index is 14.4. The molecule has 2 N–H and O–H groups in total. The minimum Gasteiger partial charge on any atom is -0.341 e. The van der Waals surface area contributed by atoms with Gasteiger partial charge in [-0.1, -0.05) is 24.3 Å². The normalized spacial score (nSPS) is 17.1. The molecule has 6 rings (SSSR count). The standard InChI is InChI=1S/C29H26FN7O2S/c30-23-16-31-9-6-22(23)24-13-19-3-1-2-4-21(19)25(35-24)17-32-15-18-7-11-37(12-8-18)28-33-10-5-20(34-28)14-26-27(38)36-29(39)40-26/h1-6,9-10,13-14,16,18,32H,7-8,11-12,15,17H2,(H,36,38,39)/b26-14+. The number of aromatic nitrogens is 4. The number of pyridine rings is 2. The molecule has 4 aromatic rings. The first kappa shape index (κ1) is 26.0. The zero-order valence-corrected chi connectivity index (χ0v) is 22.3. The number of anilines is 1. The Bertz CT molecular complexity index is 1620. The number of halogens is 1. The second-order valence-electron chi connectivity index (χ2n) is 9.73. The lowest BCUT2D eigenvalue weighted by molar-refractivity contribution is -0.115. The fourth-order valence-electron chi connectivity index (χ4n) is 5.01. The molecule has 0 saturated carbocycles. The summed E-state index contributed by atoms with van der Waals surface area (Å²) in [6.07, 6.45) is 8.03. The van der Waals surface area contributed by atoms with Crippen LogP contribution in [0.5, 0.6) is 0 Å². The van der Waals surface area contributed by atoms with E-state index >= 15 is 0 Å². The summed E-state index contributed by atoms with van der Waals surface area (Å²) in [5, 5.41) is 7.52. The third-order valence-electron chi connectivity index (χ3n) is 7.08. The Balaban J connectivity index is 1.08. The van der Waals surface area contributed by atoms with Gasteiger partial charge < -0.3 is 10.2 Å². The highest BCUT2D eigenvalue weighted by Gasteiger charge is 2.26. The number of benzene rings is 1. The van der Waals surface area contributed by atoms with Gasteiger partial charge in [0.2, 0.25) is 5.95 Å². The molecule has 2 aliphatic rings. The highest BCUT2D eigenvalue weighted by atomic mass is 32.2. The van der Waals surface area contributed by atoms with E-state index < -0.39 is 5.91 Å². The maximum atomic E-state index is 14.4. The van der Waals surface area contributed by atoms with Crippen LogP contribution in [0.1, 0.15) is 24.2 Å². The van der Waals surface area contributed by atoms with Crippen molar-refractivity contribution in [1.29, 1.82) is 0 Å². The van der Waals surface area contributed by atoms with Gasteiger partial charge in [0.1, 0.15) is 0 Å². The van der Waals surface area contributed by atoms with E-state index in [0.717, 1.165) is 60.7 Å². The van der Waals surface area contributed by atoms with Crippen molar-refractivity contribution in [2.45, 2.75) is 19.4 Å². The molecule has 0 radical (unpaired) electrons. The Kier molecular flexibility index (Phi) is 7.47. The second-order valence-corrected chi connectivity index (χ2v) is 10.7. The molecule has 0 spiro atoms. The van der Waals surface area contributed by atoms with E-state index in [-0.39, 0.29) is 11.1 Å². The number of amides is 2. The molecule has 0 bridgehead atoms. The lowest BCUT2D eigenvalue weighted by Crippen LogP contribution is -2.38. The molecule has 0 atom stereocenters. The van der Waals surface area contributed by atoms with Crippen LogP contribution in [0, 0.1) is 11.7 Å². The molecule has 2 amide bonds. The smallest absolute Gasteiger partial charge is 0.290 e. The van der Waals surface area contributed by atoms with Crippen molar-refractivity contribution >= 4 is 45.7 Å². The lowest BCUT2D eigenvalue weighted by atomic mass is 9.97. The number of piperidine rings is 1. The maximum Gasteiger partial charge on any atom is 0.290 e. The molecule has 1 aromatic carbocycles. The number of thioether (sulfide) groups is 1. The molecule has 202 valence electrons. The van der Waals surface area contributed by atoms with Crippen molar-refractivity contribution < 1.29 is 14.0 Å². The van der Waals surface area contributed by atoms with Gasteiger partial charge in [-0.3, -0.25) is 24.9 Å². The second kappa shape index (κ2) is 11.5. The van der Waals surface area contributed by atoms with E-state index in [0.29, 0.717) is 40.3 Å². The molecule has 2 fully saturated rings. The molecular formula is C29H26FN7O2S. The van der Waals surface area contributed by atoms with Gasteiger partial charge in [0, 0.05) is 43.0 Å². The van der Waals surface area contributed by atoms with Gasteiger partial charge in [0.05, 0.1) is 28.2 Å². The van der Waals surface area contributed by atoms with Crippen molar-refractivity contribution in [2.24, 2.45) is 5.92 Å². The Morgan fingerprint density at radius 2 is 1.95 bits per heavy atom. The van der Waals surface area contributed by atoms with Crippen LogP contribution in [0.25, 0.3) is 28.1 Å². The minimum absolute atomic E-state index is 0.332. The zero-order chi connectivity index (χ0) is 27.5. The third-order valence-corrected chi connectivity index (χ3v) is 7.89. The number of carbonyl (C=O) groups excluding carboxylic acids is 2. The third kappa shape index (κ3) is 5.70. The van der Waals surface area contributed by atoms with Crippen molar-refractivity contribution in [3.63, 3.8) is 0 Å². The topological polar surface area (TPSA) is 113 Å². The minimum atomic E-state index is -0.400. The van der Waals surface area contributed by atoms with E-state index in [4.69, 9.17) is 4.98 Å². The van der Waals surface area contributed by atoms with Crippen LogP contribution in [-0.4, -0.2) is 50.7 Å². The molecule has 0 aliphatic carbocycles. The molecule has 2 aliphatic heterocycles. The molecule has 5 heterocycles. The highest BCUT2D eigenvalue weighted by Crippen LogP contribution is 2.28. The van der Waals surface area contributed by atoms with Gasteiger partial charge in [-0.15, -0.1) is 0 Å². The summed E-state index contributed by atoms with van der Waals surface area (Å²) in [7, 11) is 0. The lowest BCUT2D eigenvalue weighted by Gasteiger charge is -2.32. The predicted molar refractivity (Wildman–Crippen MR) is 153 cm³/mol. The first-order valence-electron chi connectivity index (χ1n) is 13.1. The van der Waals surface area contributed by atoms with E-state index in [1.165, 1.54) is 6.20 Å². The summed E-state index contributed by atoms with van der Waals surface area (Å²) < 4.78 is 14.4. The van der Waals surface area contributed by atoms with E-state index in [2.05, 4.69) is 30.5 Å². The summed E-state index contributed by atoms with van der Waals surface area (Å²) in [4.78, 5) is 43.4. The van der Waals surface area contributed by atoms with Gasteiger partial charge in [-0.2, -0.15) is 0 Å². The van der Waals surface area contributed by atoms with E-state index in [9.17, 15) is 14.0 Å². The van der Waals surface area contributed by atoms with Gasteiger partial charge in [-0.05, 0) is 66.7 Å². The Labute approximate surface area is 234 Å². The summed E-state index contributed by atoms with van der Waals surface area (Å²) >= 11 is 0.874. The first-order chi connectivity index (χ1) is 19.5.